The van der Waals surface area contributed by atoms with Crippen LogP contribution in [-0.2, 0) is 14.4 Å². The van der Waals surface area contributed by atoms with Crippen molar-refractivity contribution in [2.24, 2.45) is 5.16 Å². The number of nitrogens with zero attached hydrogens (tertiary/aromatic N) is 2. The van der Waals surface area contributed by atoms with E-state index >= 15 is 0 Å². The molecule has 0 unspecified atom stereocenters. The van der Waals surface area contributed by atoms with Gasteiger partial charge in [0.25, 0.3) is 6.29 Å². The summed E-state index contributed by atoms with van der Waals surface area (Å²) in [4.78, 5) is 31.2. The summed E-state index contributed by atoms with van der Waals surface area (Å²) >= 11 is 1.13. The van der Waals surface area contributed by atoms with Crippen molar-refractivity contribution in [1.29, 1.82) is 0 Å². The molecule has 0 aliphatic carbocycles. The van der Waals surface area contributed by atoms with Crippen LogP contribution in [0.5, 0.6) is 0 Å². The molecule has 0 bridgehead atoms. The Morgan fingerprint density at radius 3 is 2.90 bits per heavy atom. The maximum atomic E-state index is 11.6. The minimum absolute atomic E-state index is 0.0923. The first kappa shape index (κ1) is 16.8. The Hall–Kier alpha value is -2.22. The zero-order valence-electron chi connectivity index (χ0n) is 12.0. The van der Waals surface area contributed by atoms with Gasteiger partial charge in [-0.3, -0.25) is 10.1 Å². The normalized spacial score (nSPS) is 11.7. The highest BCUT2D eigenvalue weighted by Gasteiger charge is 2.18. The van der Waals surface area contributed by atoms with Gasteiger partial charge in [0.1, 0.15) is 17.9 Å². The number of nitrogens with one attached hydrogen (secondary N) is 1. The first-order chi connectivity index (χ1) is 9.85. The molecule has 0 saturated heterocycles. The van der Waals surface area contributed by atoms with Crippen molar-refractivity contribution in [2.75, 3.05) is 11.9 Å². The van der Waals surface area contributed by atoms with Crippen molar-refractivity contribution in [3.8, 4) is 0 Å². The van der Waals surface area contributed by atoms with Gasteiger partial charge in [-0.1, -0.05) is 17.8 Å². The number of hydrogen-bond acceptors (Lipinski definition) is 7. The Morgan fingerprint density at radius 2 is 2.33 bits per heavy atom. The van der Waals surface area contributed by atoms with Crippen molar-refractivity contribution in [3.63, 3.8) is 0 Å². The average molecular weight is 310 g/mol. The zero-order chi connectivity index (χ0) is 15.9. The van der Waals surface area contributed by atoms with E-state index in [0.717, 1.165) is 11.3 Å². The minimum Gasteiger partial charge on any atom is -0.444 e. The third-order valence-electron chi connectivity index (χ3n) is 1.80. The SMILES string of the molecule is C=CCO/N=C(\[C]=O)c1csc(NC(=O)OC(C)(C)C)n1. The third-order valence-corrected chi connectivity index (χ3v) is 2.56. The molecule has 0 spiro atoms. The van der Waals surface area contributed by atoms with E-state index in [1.807, 2.05) is 0 Å². The third kappa shape index (κ3) is 6.17. The van der Waals surface area contributed by atoms with Crippen molar-refractivity contribution < 1.29 is 19.2 Å². The predicted octanol–water partition coefficient (Wildman–Crippen LogP) is 2.51. The smallest absolute Gasteiger partial charge is 0.413 e. The zero-order valence-corrected chi connectivity index (χ0v) is 12.8. The van der Waals surface area contributed by atoms with Crippen molar-refractivity contribution in [1.82, 2.24) is 4.98 Å². The minimum atomic E-state index is -0.625. The van der Waals surface area contributed by atoms with Gasteiger partial charge in [0.15, 0.2) is 10.8 Å². The molecule has 0 fully saturated rings. The summed E-state index contributed by atoms with van der Waals surface area (Å²) in [7, 11) is 0. The molecule has 1 N–H and O–H groups in total. The molecule has 0 aliphatic heterocycles. The van der Waals surface area contributed by atoms with Gasteiger partial charge in [-0.05, 0) is 20.8 Å². The van der Waals surface area contributed by atoms with Gasteiger partial charge in [-0.15, -0.1) is 11.3 Å². The van der Waals surface area contributed by atoms with E-state index in [2.05, 4.69) is 22.0 Å². The van der Waals surface area contributed by atoms with Gasteiger partial charge in [-0.25, -0.2) is 9.78 Å². The van der Waals surface area contributed by atoms with Crippen LogP contribution < -0.4 is 5.32 Å². The number of rotatable bonds is 6. The van der Waals surface area contributed by atoms with E-state index < -0.39 is 11.7 Å². The number of oxime groups is 1. The topological polar surface area (TPSA) is 89.9 Å². The molecular formula is C13H16N3O4S. The fourth-order valence-corrected chi connectivity index (χ4v) is 1.78. The van der Waals surface area contributed by atoms with Gasteiger partial charge in [0, 0.05) is 5.38 Å². The lowest BCUT2D eigenvalue weighted by atomic mass is 10.2. The summed E-state index contributed by atoms with van der Waals surface area (Å²) in [5.74, 6) is 0. The lowest BCUT2D eigenvalue weighted by Crippen LogP contribution is -2.27. The highest BCUT2D eigenvalue weighted by molar-refractivity contribution is 7.14. The van der Waals surface area contributed by atoms with E-state index in [4.69, 9.17) is 9.57 Å². The first-order valence-corrected chi connectivity index (χ1v) is 6.88. The van der Waals surface area contributed by atoms with E-state index in [9.17, 15) is 9.59 Å². The molecule has 1 radical (unpaired) electrons. The van der Waals surface area contributed by atoms with Crippen LogP contribution in [0.25, 0.3) is 0 Å². The number of aromatic nitrogens is 1. The van der Waals surface area contributed by atoms with Gasteiger partial charge >= 0.3 is 6.09 Å². The lowest BCUT2D eigenvalue weighted by Gasteiger charge is -2.18. The summed E-state index contributed by atoms with van der Waals surface area (Å²) in [5.41, 5.74) is -0.443. The van der Waals surface area contributed by atoms with Crippen LogP contribution in [0.1, 0.15) is 26.5 Å². The van der Waals surface area contributed by atoms with Gasteiger partial charge < -0.3 is 9.57 Å². The summed E-state index contributed by atoms with van der Waals surface area (Å²) < 4.78 is 5.09. The number of thiazole rings is 1. The van der Waals surface area contributed by atoms with Gasteiger partial charge in [0.05, 0.1) is 0 Å². The Morgan fingerprint density at radius 1 is 1.62 bits per heavy atom. The van der Waals surface area contributed by atoms with Crippen molar-refractivity contribution in [2.45, 2.75) is 26.4 Å². The highest BCUT2D eigenvalue weighted by atomic mass is 32.1. The van der Waals surface area contributed by atoms with Crippen LogP contribution in [0.3, 0.4) is 0 Å². The van der Waals surface area contributed by atoms with E-state index in [1.165, 1.54) is 6.08 Å². The molecule has 0 aliphatic rings. The quantitative estimate of drug-likeness (QED) is 0.377. The Labute approximate surface area is 126 Å². The number of carbonyl (C=O) groups is 1. The van der Waals surface area contributed by atoms with Crippen LogP contribution in [-0.4, -0.2) is 35.3 Å². The molecule has 113 valence electrons. The monoisotopic (exact) mass is 310 g/mol. The van der Waals surface area contributed by atoms with Crippen LogP contribution in [0.15, 0.2) is 23.2 Å². The maximum absolute atomic E-state index is 11.6. The van der Waals surface area contributed by atoms with Crippen LogP contribution in [0.4, 0.5) is 9.93 Å². The standard InChI is InChI=1S/C13H16N3O4S/c1-5-6-19-16-9(7-17)10-8-21-11(14-10)15-12(18)20-13(2,3)4/h5,8H,1,6H2,2-4H3,(H,14,15,18)/b16-9+. The molecule has 0 aromatic carbocycles. The summed E-state index contributed by atoms with van der Waals surface area (Å²) in [5, 5.41) is 7.88. The number of anilines is 1. The predicted molar refractivity (Wildman–Crippen MR) is 80.4 cm³/mol. The Balaban J connectivity index is 2.71. The second-order valence-corrected chi connectivity index (χ2v) is 5.65. The highest BCUT2D eigenvalue weighted by Crippen LogP contribution is 2.17. The molecule has 1 heterocycles. The van der Waals surface area contributed by atoms with E-state index in [0.29, 0.717) is 0 Å². The second kappa shape index (κ2) is 7.53. The van der Waals surface area contributed by atoms with Crippen molar-refractivity contribution in [3.05, 3.63) is 23.7 Å². The summed E-state index contributed by atoms with van der Waals surface area (Å²) in [6.07, 6.45) is 2.49. The fraction of sp³-hybridized carbons (Fsp3) is 0.385. The molecule has 21 heavy (non-hydrogen) atoms. The van der Waals surface area contributed by atoms with Crippen LogP contribution in [0, 0.1) is 0 Å². The number of ether oxygens (including phenoxy) is 1. The summed E-state index contributed by atoms with van der Waals surface area (Å²) in [6, 6.07) is 0. The number of carbonyl (C=O) groups excluding carboxylic acids is 2. The largest absolute Gasteiger partial charge is 0.444 e. The summed E-state index contributed by atoms with van der Waals surface area (Å²) in [6.45, 7) is 8.88. The second-order valence-electron chi connectivity index (χ2n) is 4.79. The van der Waals surface area contributed by atoms with Gasteiger partial charge in [0.2, 0.25) is 0 Å². The van der Waals surface area contributed by atoms with Crippen LogP contribution >= 0.6 is 11.3 Å². The average Bonchev–Trinajstić information content (AvgIpc) is 2.80. The molecule has 1 amide bonds. The molecule has 0 atom stereocenters. The van der Waals surface area contributed by atoms with Crippen LogP contribution in [0.2, 0.25) is 0 Å². The molecule has 1 rings (SSSR count). The molecular weight excluding hydrogens is 294 g/mol. The molecule has 1 aromatic rings. The number of amides is 1. The lowest BCUT2D eigenvalue weighted by molar-refractivity contribution is 0.0636. The molecule has 1 aromatic heterocycles. The molecule has 0 saturated carbocycles. The first-order valence-electron chi connectivity index (χ1n) is 6.00. The molecule has 7 nitrogen and oxygen atoms in total. The molecule has 8 heteroatoms. The fourth-order valence-electron chi connectivity index (χ4n) is 1.10. The Bertz CT molecular complexity index is 546. The van der Waals surface area contributed by atoms with E-state index in [-0.39, 0.29) is 23.1 Å². The number of hydrogen-bond donors (Lipinski definition) is 1. The van der Waals surface area contributed by atoms with Crippen molar-refractivity contribution >= 4 is 34.6 Å². The van der Waals surface area contributed by atoms with Gasteiger partial charge in [-0.2, -0.15) is 0 Å². The van der Waals surface area contributed by atoms with E-state index in [1.54, 1.807) is 32.4 Å². The maximum Gasteiger partial charge on any atom is 0.413 e. The Kier molecular flexibility index (Phi) is 6.04.